The lowest BCUT2D eigenvalue weighted by Crippen LogP contribution is -2.56. The van der Waals surface area contributed by atoms with Crippen LogP contribution in [0.2, 0.25) is 0 Å². The Hall–Kier alpha value is -1.95. The average Bonchev–Trinajstić information content (AvgIpc) is 2.95. The molecule has 2 N–H and O–H groups in total. The molecule has 29 heavy (non-hydrogen) atoms. The molecule has 0 radical (unpaired) electrons. The van der Waals surface area contributed by atoms with Crippen LogP contribution >= 0.6 is 0 Å². The molecular formula is C23H33N3O3. The van der Waals surface area contributed by atoms with E-state index in [1.165, 1.54) is 17.7 Å². The van der Waals surface area contributed by atoms with Crippen molar-refractivity contribution in [3.05, 3.63) is 23.3 Å². The highest BCUT2D eigenvalue weighted by Crippen LogP contribution is 2.52. The molecule has 1 aliphatic heterocycles. The van der Waals surface area contributed by atoms with Crippen LogP contribution in [0.5, 0.6) is 0 Å². The molecule has 3 amide bonds. The fourth-order valence-corrected chi connectivity index (χ4v) is 6.02. The maximum Gasteiger partial charge on any atom is 0.327 e. The zero-order valence-electron chi connectivity index (χ0n) is 17.7. The number of rotatable bonds is 5. The molecule has 2 bridgehead atoms. The molecule has 6 heteroatoms. The van der Waals surface area contributed by atoms with Crippen molar-refractivity contribution >= 4 is 17.7 Å². The minimum atomic E-state index is -0.836. The van der Waals surface area contributed by atoms with Gasteiger partial charge in [0, 0.05) is 19.2 Å². The largest absolute Gasteiger partial charge is 0.327 e. The number of carbonyl (C=O) groups is 3. The number of likely N-dealkylation sites (N-methyl/N-ethyl adjacent to an activating group) is 1. The van der Waals surface area contributed by atoms with E-state index in [9.17, 15) is 14.4 Å². The number of fused-ring (bicyclic) bond motifs is 3. The van der Waals surface area contributed by atoms with E-state index in [0.717, 1.165) is 44.1 Å². The minimum absolute atomic E-state index is 0.178. The number of nitrogens with two attached hydrogens (primary N) is 1. The molecule has 0 aromatic rings. The standard InChI is InChI=1S/C23H33N3O3/c1-23(19-12-15-7-9-17(19)10-8-15)21(28)26(22(29)25(23)2)14-20(27)18-6-4-3-5-16(11-18)13-24/h6,11,15,17,19H,3-5,7-10,12-14,24H2,1-2H3/t15?,17?,19-,23+/m0/s1. The maximum atomic E-state index is 13.5. The third kappa shape index (κ3) is 3.35. The second kappa shape index (κ2) is 7.71. The van der Waals surface area contributed by atoms with Gasteiger partial charge in [-0.05, 0) is 63.2 Å². The molecular weight excluding hydrogens is 366 g/mol. The van der Waals surface area contributed by atoms with Crippen molar-refractivity contribution in [1.82, 2.24) is 9.80 Å². The highest BCUT2D eigenvalue weighted by atomic mass is 16.2. The number of urea groups is 1. The molecule has 3 saturated carbocycles. The Morgan fingerprint density at radius 1 is 1.24 bits per heavy atom. The van der Waals surface area contributed by atoms with Crippen LogP contribution in [0.1, 0.15) is 58.3 Å². The third-order valence-electron chi connectivity index (χ3n) is 7.97. The van der Waals surface area contributed by atoms with Crippen molar-refractivity contribution in [3.63, 3.8) is 0 Å². The number of allylic oxidation sites excluding steroid dienone is 2. The van der Waals surface area contributed by atoms with Crippen molar-refractivity contribution in [2.24, 2.45) is 23.5 Å². The van der Waals surface area contributed by atoms with Gasteiger partial charge < -0.3 is 10.6 Å². The quantitative estimate of drug-likeness (QED) is 0.720. The van der Waals surface area contributed by atoms with Crippen LogP contribution in [0.15, 0.2) is 23.3 Å². The lowest BCUT2D eigenvalue weighted by Gasteiger charge is -2.49. The third-order valence-corrected chi connectivity index (χ3v) is 7.97. The van der Waals surface area contributed by atoms with Crippen LogP contribution in [-0.4, -0.2) is 53.2 Å². The van der Waals surface area contributed by atoms with Gasteiger partial charge >= 0.3 is 6.03 Å². The van der Waals surface area contributed by atoms with Crippen molar-refractivity contribution in [1.29, 1.82) is 0 Å². The number of ketones is 1. The number of carbonyl (C=O) groups excluding carboxylic acids is 3. The van der Waals surface area contributed by atoms with E-state index in [4.69, 9.17) is 5.73 Å². The Kier molecular flexibility index (Phi) is 5.40. The summed E-state index contributed by atoms with van der Waals surface area (Å²) in [5.74, 6) is 0.983. The summed E-state index contributed by atoms with van der Waals surface area (Å²) >= 11 is 0. The Bertz CT molecular complexity index is 778. The van der Waals surface area contributed by atoms with Gasteiger partial charge in [0.25, 0.3) is 5.91 Å². The first kappa shape index (κ1) is 20.3. The van der Waals surface area contributed by atoms with Gasteiger partial charge in [-0.15, -0.1) is 0 Å². The number of amides is 3. The second-order valence-electron chi connectivity index (χ2n) is 9.48. The molecule has 0 unspecified atom stereocenters. The molecule has 0 aromatic carbocycles. The van der Waals surface area contributed by atoms with E-state index >= 15 is 0 Å². The van der Waals surface area contributed by atoms with Crippen LogP contribution < -0.4 is 5.73 Å². The van der Waals surface area contributed by atoms with Crippen LogP contribution in [0.3, 0.4) is 0 Å². The zero-order chi connectivity index (χ0) is 20.8. The van der Waals surface area contributed by atoms with Crippen molar-refractivity contribution in [2.75, 3.05) is 20.1 Å². The topological polar surface area (TPSA) is 83.7 Å². The molecule has 1 saturated heterocycles. The molecule has 0 aromatic heterocycles. The van der Waals surface area contributed by atoms with Crippen LogP contribution in [0.25, 0.3) is 0 Å². The normalized spacial score (nSPS) is 34.9. The van der Waals surface area contributed by atoms with E-state index in [1.807, 2.05) is 19.1 Å². The summed E-state index contributed by atoms with van der Waals surface area (Å²) in [6, 6.07) is -0.343. The van der Waals surface area contributed by atoms with Gasteiger partial charge in [-0.3, -0.25) is 14.5 Å². The molecule has 5 rings (SSSR count). The Labute approximate surface area is 173 Å². The highest BCUT2D eigenvalue weighted by molar-refractivity contribution is 6.11. The van der Waals surface area contributed by atoms with Gasteiger partial charge in [0.15, 0.2) is 5.78 Å². The Morgan fingerprint density at radius 3 is 2.59 bits per heavy atom. The molecule has 2 atom stereocenters. The SMILES string of the molecule is CN1C(=O)N(CC(=O)C2=CCCCC(CN)=C2)C(=O)[C@@]1(C)[C@H]1CC2CCC1CC2. The molecule has 158 valence electrons. The predicted molar refractivity (Wildman–Crippen MR) is 111 cm³/mol. The van der Waals surface area contributed by atoms with Gasteiger partial charge in [-0.2, -0.15) is 0 Å². The van der Waals surface area contributed by atoms with Crippen LogP contribution in [0.4, 0.5) is 4.79 Å². The lowest BCUT2D eigenvalue weighted by molar-refractivity contribution is -0.139. The molecule has 5 aliphatic rings. The van der Waals surface area contributed by atoms with Crippen molar-refractivity contribution in [2.45, 2.75) is 63.8 Å². The van der Waals surface area contributed by atoms with Gasteiger partial charge in [0.1, 0.15) is 5.54 Å². The number of Topliss-reactive ketones (excluding diaryl/α,β-unsaturated/α-hetero) is 1. The fourth-order valence-electron chi connectivity index (χ4n) is 6.02. The highest BCUT2D eigenvalue weighted by Gasteiger charge is 2.60. The summed E-state index contributed by atoms with van der Waals surface area (Å²) in [6.07, 6.45) is 12.2. The van der Waals surface area contributed by atoms with E-state index in [1.54, 1.807) is 11.9 Å². The van der Waals surface area contributed by atoms with Crippen LogP contribution in [0, 0.1) is 17.8 Å². The van der Waals surface area contributed by atoms with E-state index < -0.39 is 5.54 Å². The van der Waals surface area contributed by atoms with Crippen molar-refractivity contribution in [3.8, 4) is 0 Å². The summed E-state index contributed by atoms with van der Waals surface area (Å²) in [7, 11) is 1.73. The van der Waals surface area contributed by atoms with Crippen LogP contribution in [-0.2, 0) is 9.59 Å². The minimum Gasteiger partial charge on any atom is -0.327 e. The van der Waals surface area contributed by atoms with Gasteiger partial charge in [-0.1, -0.05) is 30.6 Å². The number of hydrogen-bond donors (Lipinski definition) is 1. The molecule has 0 spiro atoms. The van der Waals surface area contributed by atoms with E-state index in [-0.39, 0.29) is 30.2 Å². The first-order valence-corrected chi connectivity index (χ1v) is 11.1. The summed E-state index contributed by atoms with van der Waals surface area (Å²) in [5, 5.41) is 0. The van der Waals surface area contributed by atoms with Gasteiger partial charge in [0.2, 0.25) is 0 Å². The fraction of sp³-hybridized carbons (Fsp3) is 0.696. The number of nitrogens with zero attached hydrogens (tertiary/aromatic N) is 2. The molecule has 1 heterocycles. The molecule has 6 nitrogen and oxygen atoms in total. The second-order valence-corrected chi connectivity index (χ2v) is 9.48. The number of hydrogen-bond acceptors (Lipinski definition) is 4. The van der Waals surface area contributed by atoms with E-state index in [0.29, 0.717) is 24.0 Å². The summed E-state index contributed by atoms with van der Waals surface area (Å²) in [5.41, 5.74) is 6.56. The maximum absolute atomic E-state index is 13.5. The molecule has 4 aliphatic carbocycles. The summed E-state index contributed by atoms with van der Waals surface area (Å²) < 4.78 is 0. The summed E-state index contributed by atoms with van der Waals surface area (Å²) in [6.45, 7) is 2.16. The van der Waals surface area contributed by atoms with Gasteiger partial charge in [0.05, 0.1) is 6.54 Å². The smallest absolute Gasteiger partial charge is 0.327 e. The number of imide groups is 1. The van der Waals surface area contributed by atoms with Crippen molar-refractivity contribution < 1.29 is 14.4 Å². The molecule has 4 fully saturated rings. The first-order valence-electron chi connectivity index (χ1n) is 11.1. The lowest BCUT2D eigenvalue weighted by atomic mass is 9.59. The monoisotopic (exact) mass is 399 g/mol. The average molecular weight is 400 g/mol. The Balaban J connectivity index is 1.54. The predicted octanol–water partition coefficient (Wildman–Crippen LogP) is 3.03. The Morgan fingerprint density at radius 2 is 1.97 bits per heavy atom. The first-order chi connectivity index (χ1) is 13.9. The zero-order valence-corrected chi connectivity index (χ0v) is 17.7. The van der Waals surface area contributed by atoms with Gasteiger partial charge in [-0.25, -0.2) is 4.79 Å². The van der Waals surface area contributed by atoms with E-state index in [2.05, 4.69) is 0 Å². The summed E-state index contributed by atoms with van der Waals surface area (Å²) in [4.78, 5) is 42.3.